The lowest BCUT2D eigenvalue weighted by atomic mass is 10.3. The fourth-order valence-electron chi connectivity index (χ4n) is 1.29. The van der Waals surface area contributed by atoms with Gasteiger partial charge in [-0.15, -0.1) is 5.10 Å². The van der Waals surface area contributed by atoms with Gasteiger partial charge in [-0.25, -0.2) is 4.68 Å². The normalized spacial score (nSPS) is 10.7. The molecule has 0 bridgehead atoms. The molecule has 1 aromatic heterocycles. The minimum atomic E-state index is 0.683. The van der Waals surface area contributed by atoms with Crippen molar-refractivity contribution < 1.29 is 0 Å². The third-order valence-electron chi connectivity index (χ3n) is 2.05. The SMILES string of the molecule is Clc1cc(I)ccc1-n1cc(CCBr)nn1. The molecule has 0 N–H and O–H groups in total. The Hall–Kier alpha value is -0.140. The maximum absolute atomic E-state index is 6.15. The number of benzene rings is 1. The first-order valence-corrected chi connectivity index (χ1v) is 7.21. The van der Waals surface area contributed by atoms with Crippen LogP contribution in [0, 0.1) is 3.57 Å². The summed E-state index contributed by atoms with van der Waals surface area (Å²) in [5.74, 6) is 0. The number of nitrogens with zero attached hydrogens (tertiary/aromatic N) is 3. The Kier molecular flexibility index (Phi) is 4.21. The smallest absolute Gasteiger partial charge is 0.0850 e. The minimum absolute atomic E-state index is 0.683. The van der Waals surface area contributed by atoms with Crippen molar-refractivity contribution in [3.63, 3.8) is 0 Å². The monoisotopic (exact) mass is 411 g/mol. The van der Waals surface area contributed by atoms with Crippen molar-refractivity contribution in [1.29, 1.82) is 0 Å². The Morgan fingerprint density at radius 3 is 2.94 bits per heavy atom. The molecule has 84 valence electrons. The summed E-state index contributed by atoms with van der Waals surface area (Å²) in [6, 6.07) is 5.84. The summed E-state index contributed by atoms with van der Waals surface area (Å²) in [5.41, 5.74) is 1.81. The third kappa shape index (κ3) is 2.75. The molecule has 1 aromatic carbocycles. The van der Waals surface area contributed by atoms with Crippen molar-refractivity contribution in [2.75, 3.05) is 5.33 Å². The Morgan fingerprint density at radius 2 is 2.25 bits per heavy atom. The number of hydrogen-bond donors (Lipinski definition) is 0. The van der Waals surface area contributed by atoms with E-state index in [1.54, 1.807) is 4.68 Å². The van der Waals surface area contributed by atoms with Crippen LogP contribution in [0.25, 0.3) is 5.69 Å². The molecule has 0 amide bonds. The lowest BCUT2D eigenvalue weighted by Crippen LogP contribution is -1.96. The summed E-state index contributed by atoms with van der Waals surface area (Å²) in [6.45, 7) is 0. The Balaban J connectivity index is 2.35. The van der Waals surface area contributed by atoms with Crippen LogP contribution in [0.1, 0.15) is 5.69 Å². The van der Waals surface area contributed by atoms with E-state index in [9.17, 15) is 0 Å². The zero-order valence-corrected chi connectivity index (χ0v) is 12.7. The summed E-state index contributed by atoms with van der Waals surface area (Å²) in [4.78, 5) is 0. The van der Waals surface area contributed by atoms with Crippen molar-refractivity contribution >= 4 is 50.1 Å². The molecule has 0 saturated carbocycles. The number of aromatic nitrogens is 3. The van der Waals surface area contributed by atoms with E-state index in [-0.39, 0.29) is 0 Å². The lowest BCUT2D eigenvalue weighted by Gasteiger charge is -2.02. The van der Waals surface area contributed by atoms with E-state index in [4.69, 9.17) is 11.6 Å². The molecule has 0 radical (unpaired) electrons. The molecule has 1 heterocycles. The van der Waals surface area contributed by atoms with Gasteiger partial charge in [0.1, 0.15) is 0 Å². The predicted octanol–water partition coefficient (Wildman–Crippen LogP) is 3.46. The van der Waals surface area contributed by atoms with Crippen LogP contribution in [0.4, 0.5) is 0 Å². The van der Waals surface area contributed by atoms with E-state index in [0.29, 0.717) is 5.02 Å². The van der Waals surface area contributed by atoms with Gasteiger partial charge in [0.2, 0.25) is 0 Å². The summed E-state index contributed by atoms with van der Waals surface area (Å²) >= 11 is 11.7. The molecule has 16 heavy (non-hydrogen) atoms. The van der Waals surface area contributed by atoms with Crippen molar-refractivity contribution in [3.8, 4) is 5.69 Å². The van der Waals surface area contributed by atoms with E-state index in [1.165, 1.54) is 0 Å². The van der Waals surface area contributed by atoms with E-state index in [0.717, 1.165) is 26.7 Å². The Bertz CT molecular complexity index is 501. The van der Waals surface area contributed by atoms with Crippen LogP contribution in [0.2, 0.25) is 5.02 Å². The average molecular weight is 412 g/mol. The zero-order chi connectivity index (χ0) is 11.5. The highest BCUT2D eigenvalue weighted by Gasteiger charge is 2.06. The van der Waals surface area contributed by atoms with E-state index in [1.807, 2.05) is 24.4 Å². The third-order valence-corrected chi connectivity index (χ3v) is 3.42. The van der Waals surface area contributed by atoms with Gasteiger partial charge in [-0.2, -0.15) is 0 Å². The predicted molar refractivity (Wildman–Crippen MR) is 76.6 cm³/mol. The van der Waals surface area contributed by atoms with Crippen LogP contribution in [-0.2, 0) is 6.42 Å². The first kappa shape index (κ1) is 12.3. The van der Waals surface area contributed by atoms with Crippen LogP contribution in [0.3, 0.4) is 0 Å². The topological polar surface area (TPSA) is 30.7 Å². The quantitative estimate of drug-likeness (QED) is 0.571. The average Bonchev–Trinajstić information content (AvgIpc) is 2.67. The van der Waals surface area contributed by atoms with E-state index < -0.39 is 0 Å². The van der Waals surface area contributed by atoms with Gasteiger partial charge in [0.05, 0.1) is 22.6 Å². The summed E-state index contributed by atoms with van der Waals surface area (Å²) < 4.78 is 2.81. The Morgan fingerprint density at radius 1 is 1.44 bits per heavy atom. The molecule has 0 spiro atoms. The number of halogens is 3. The van der Waals surface area contributed by atoms with Crippen molar-refractivity contribution in [2.45, 2.75) is 6.42 Å². The minimum Gasteiger partial charge on any atom is -0.219 e. The Labute approximate surface area is 120 Å². The standard InChI is InChI=1S/C10H8BrClIN3/c11-4-3-8-6-16(15-14-8)10-2-1-7(13)5-9(10)12/h1-2,5-6H,3-4H2. The highest BCUT2D eigenvalue weighted by Crippen LogP contribution is 2.22. The fraction of sp³-hybridized carbons (Fsp3) is 0.200. The van der Waals surface area contributed by atoms with Gasteiger partial charge in [0.25, 0.3) is 0 Å². The van der Waals surface area contributed by atoms with E-state index >= 15 is 0 Å². The van der Waals surface area contributed by atoms with Crippen molar-refractivity contribution in [2.24, 2.45) is 0 Å². The molecule has 0 fully saturated rings. The van der Waals surface area contributed by atoms with Gasteiger partial charge < -0.3 is 0 Å². The maximum Gasteiger partial charge on any atom is 0.0850 e. The molecule has 6 heteroatoms. The second-order valence-corrected chi connectivity index (χ2v) is 5.63. The number of aryl methyl sites for hydroxylation is 1. The highest BCUT2D eigenvalue weighted by molar-refractivity contribution is 14.1. The molecule has 0 aliphatic rings. The molecule has 3 nitrogen and oxygen atoms in total. The van der Waals surface area contributed by atoms with Gasteiger partial charge in [-0.1, -0.05) is 32.7 Å². The second kappa shape index (κ2) is 5.46. The highest BCUT2D eigenvalue weighted by atomic mass is 127. The van der Waals surface area contributed by atoms with Crippen LogP contribution < -0.4 is 0 Å². The van der Waals surface area contributed by atoms with Crippen LogP contribution >= 0.6 is 50.1 Å². The first-order valence-electron chi connectivity index (χ1n) is 4.63. The molecule has 2 aromatic rings. The maximum atomic E-state index is 6.15. The van der Waals surface area contributed by atoms with Crippen LogP contribution in [0.15, 0.2) is 24.4 Å². The molecular weight excluding hydrogens is 404 g/mol. The summed E-state index contributed by atoms with van der Waals surface area (Å²) in [7, 11) is 0. The van der Waals surface area contributed by atoms with Crippen molar-refractivity contribution in [3.05, 3.63) is 38.7 Å². The van der Waals surface area contributed by atoms with Gasteiger partial charge in [0.15, 0.2) is 0 Å². The van der Waals surface area contributed by atoms with Gasteiger partial charge in [-0.05, 0) is 40.8 Å². The largest absolute Gasteiger partial charge is 0.219 e. The van der Waals surface area contributed by atoms with Crippen molar-refractivity contribution in [1.82, 2.24) is 15.0 Å². The number of alkyl halides is 1. The summed E-state index contributed by atoms with van der Waals surface area (Å²) in [6.07, 6.45) is 2.76. The van der Waals surface area contributed by atoms with Gasteiger partial charge in [0, 0.05) is 15.3 Å². The van der Waals surface area contributed by atoms with Gasteiger partial charge >= 0.3 is 0 Å². The molecule has 0 unspecified atom stereocenters. The zero-order valence-electron chi connectivity index (χ0n) is 8.20. The van der Waals surface area contributed by atoms with Crippen LogP contribution in [0.5, 0.6) is 0 Å². The van der Waals surface area contributed by atoms with Crippen LogP contribution in [-0.4, -0.2) is 20.3 Å². The molecule has 0 aliphatic carbocycles. The summed E-state index contributed by atoms with van der Waals surface area (Å²) in [5, 5.41) is 9.69. The lowest BCUT2D eigenvalue weighted by molar-refractivity contribution is 0.798. The number of hydrogen-bond acceptors (Lipinski definition) is 2. The molecular formula is C10H8BrClIN3. The van der Waals surface area contributed by atoms with Gasteiger partial charge in [-0.3, -0.25) is 0 Å². The first-order chi connectivity index (χ1) is 7.70. The molecule has 0 saturated heterocycles. The van der Waals surface area contributed by atoms with E-state index in [2.05, 4.69) is 48.8 Å². The second-order valence-electron chi connectivity index (χ2n) is 3.19. The molecule has 0 aliphatic heterocycles. The fourth-order valence-corrected chi connectivity index (χ4v) is 2.64. The molecule has 0 atom stereocenters. The molecule has 2 rings (SSSR count). The number of rotatable bonds is 3.